The summed E-state index contributed by atoms with van der Waals surface area (Å²) in [5, 5.41) is 45.7. The van der Waals surface area contributed by atoms with E-state index in [9.17, 15) is 39.6 Å². The number of carbonyl (C=O) groups is 4. The fourth-order valence-electron chi connectivity index (χ4n) is 6.76. The summed E-state index contributed by atoms with van der Waals surface area (Å²) in [7, 11) is 6.67. The summed E-state index contributed by atoms with van der Waals surface area (Å²) in [5.74, 6) is -7.84. The second-order valence-electron chi connectivity index (χ2n) is 11.4. The number of rotatable bonds is 5. The van der Waals surface area contributed by atoms with Crippen LogP contribution in [0.15, 0.2) is 53.0 Å². The highest BCUT2D eigenvalue weighted by Gasteiger charge is 2.63. The maximum Gasteiger partial charge on any atom is 0.255 e. The van der Waals surface area contributed by atoms with Gasteiger partial charge in [0.15, 0.2) is 11.4 Å². The van der Waals surface area contributed by atoms with Crippen molar-refractivity contribution in [2.24, 2.45) is 23.3 Å². The number of aliphatic hydroxyl groups excluding tert-OH is 2. The van der Waals surface area contributed by atoms with Gasteiger partial charge in [-0.15, -0.1) is 0 Å². The van der Waals surface area contributed by atoms with Crippen molar-refractivity contribution in [3.05, 3.63) is 69.7 Å². The lowest BCUT2D eigenvalue weighted by Gasteiger charge is -2.50. The third-order valence-electron chi connectivity index (χ3n) is 8.64. The number of amides is 2. The summed E-state index contributed by atoms with van der Waals surface area (Å²) in [6.45, 7) is 0. The Labute approximate surface area is 241 Å². The first kappa shape index (κ1) is 28.8. The van der Waals surface area contributed by atoms with Crippen molar-refractivity contribution < 1.29 is 39.6 Å². The third-order valence-corrected chi connectivity index (χ3v) is 8.64. The fraction of sp³-hybridized carbons (Fsp3) is 0.333. The van der Waals surface area contributed by atoms with Crippen LogP contribution in [0.25, 0.3) is 11.1 Å². The minimum absolute atomic E-state index is 0.0121. The van der Waals surface area contributed by atoms with Crippen molar-refractivity contribution in [2.45, 2.75) is 24.5 Å². The molecule has 0 heterocycles. The number of benzene rings is 2. The number of carbonyl (C=O) groups excluding carboxylic acids is 4. The number of Topliss-reactive ketones (excluding diaryl/α,β-unsaturated/α-hetero) is 2. The van der Waals surface area contributed by atoms with Gasteiger partial charge in [-0.25, -0.2) is 0 Å². The van der Waals surface area contributed by atoms with E-state index >= 15 is 0 Å². The molecule has 2 aromatic carbocycles. The molecule has 4 atom stereocenters. The van der Waals surface area contributed by atoms with Gasteiger partial charge in [0.2, 0.25) is 11.7 Å². The summed E-state index contributed by atoms with van der Waals surface area (Å²) in [4.78, 5) is 54.9. The van der Waals surface area contributed by atoms with Gasteiger partial charge in [-0.05, 0) is 62.2 Å². The van der Waals surface area contributed by atoms with E-state index in [1.807, 2.05) is 0 Å². The van der Waals surface area contributed by atoms with E-state index in [-0.39, 0.29) is 35.1 Å². The second kappa shape index (κ2) is 9.71. The number of aromatic hydroxyl groups is 1. The molecule has 8 N–H and O–H groups in total. The van der Waals surface area contributed by atoms with Gasteiger partial charge in [0.05, 0.1) is 11.6 Å². The van der Waals surface area contributed by atoms with Gasteiger partial charge >= 0.3 is 0 Å². The summed E-state index contributed by atoms with van der Waals surface area (Å²) in [6.07, 6.45) is 0.138. The van der Waals surface area contributed by atoms with Gasteiger partial charge in [-0.3, -0.25) is 24.1 Å². The second-order valence-corrected chi connectivity index (χ2v) is 11.4. The first-order chi connectivity index (χ1) is 19.6. The van der Waals surface area contributed by atoms with Crippen molar-refractivity contribution in [3.8, 4) is 16.9 Å². The van der Waals surface area contributed by atoms with Crippen LogP contribution in [0.2, 0.25) is 0 Å². The molecule has 0 spiro atoms. The minimum Gasteiger partial charge on any atom is -0.510 e. The van der Waals surface area contributed by atoms with Crippen LogP contribution in [-0.2, 0) is 16.0 Å². The molecule has 5 rings (SSSR count). The van der Waals surface area contributed by atoms with Crippen molar-refractivity contribution >= 4 is 29.1 Å². The minimum atomic E-state index is -2.72. The summed E-state index contributed by atoms with van der Waals surface area (Å²) < 4.78 is 0. The van der Waals surface area contributed by atoms with E-state index in [1.165, 1.54) is 17.0 Å². The topological polar surface area (TPSA) is 208 Å². The Hall–Kier alpha value is -4.68. The van der Waals surface area contributed by atoms with Crippen LogP contribution in [0, 0.1) is 11.8 Å². The highest BCUT2D eigenvalue weighted by molar-refractivity contribution is 6.25. The number of aliphatic hydroxyl groups is 3. The number of nitrogens with zero attached hydrogens (tertiary/aromatic N) is 2. The number of allylic oxidation sites excluding steroid dienone is 1. The SMILES string of the molecule is CN(C)c1cc(-c2cccc(C(N)=O)c2)c(O)c2c1C[C@H]1C[C@H]3[C@H](N(C)C)C(O)=C(C(N)=O)C(=O)[C@@]3(O)C(O)=C1C2=O. The number of hydrogen-bond donors (Lipinski definition) is 6. The van der Waals surface area contributed by atoms with Crippen molar-refractivity contribution in [2.75, 3.05) is 33.1 Å². The Bertz CT molecular complexity index is 1660. The number of fused-ring (bicyclic) bond motifs is 3. The number of ketones is 2. The zero-order chi connectivity index (χ0) is 31.0. The molecule has 0 bridgehead atoms. The number of primary amides is 2. The summed E-state index contributed by atoms with van der Waals surface area (Å²) in [5.41, 5.74) is 8.78. The van der Waals surface area contributed by atoms with Gasteiger partial charge in [-0.1, -0.05) is 12.1 Å². The summed E-state index contributed by atoms with van der Waals surface area (Å²) >= 11 is 0. The normalized spacial score (nSPS) is 25.2. The Morgan fingerprint density at radius 3 is 2.24 bits per heavy atom. The molecule has 3 aliphatic rings. The van der Waals surface area contributed by atoms with Crippen molar-refractivity contribution in [1.29, 1.82) is 0 Å². The predicted molar refractivity (Wildman–Crippen MR) is 152 cm³/mol. The van der Waals surface area contributed by atoms with Crippen LogP contribution >= 0.6 is 0 Å². The molecule has 0 aliphatic heterocycles. The lowest BCUT2D eigenvalue weighted by molar-refractivity contribution is -0.148. The van der Waals surface area contributed by atoms with Gasteiger partial charge in [0.1, 0.15) is 22.8 Å². The Kier molecular flexibility index (Phi) is 6.66. The van der Waals surface area contributed by atoms with Crippen LogP contribution in [0.4, 0.5) is 5.69 Å². The van der Waals surface area contributed by atoms with E-state index in [2.05, 4.69) is 0 Å². The molecule has 0 saturated heterocycles. The van der Waals surface area contributed by atoms with E-state index in [0.29, 0.717) is 16.8 Å². The number of phenols is 1. The fourth-order valence-corrected chi connectivity index (χ4v) is 6.76. The number of hydrogen-bond acceptors (Lipinski definition) is 10. The van der Waals surface area contributed by atoms with E-state index in [1.54, 1.807) is 51.3 Å². The van der Waals surface area contributed by atoms with E-state index < -0.39 is 69.7 Å². The predicted octanol–water partition coefficient (Wildman–Crippen LogP) is 0.953. The average Bonchev–Trinajstić information content (AvgIpc) is 2.90. The zero-order valence-corrected chi connectivity index (χ0v) is 23.5. The molecule has 2 aromatic rings. The molecular formula is C30H32N4O8. The van der Waals surface area contributed by atoms with Crippen LogP contribution in [-0.4, -0.2) is 88.5 Å². The Morgan fingerprint density at radius 2 is 1.67 bits per heavy atom. The zero-order valence-electron chi connectivity index (χ0n) is 23.5. The van der Waals surface area contributed by atoms with E-state index in [4.69, 9.17) is 11.5 Å². The molecule has 0 fully saturated rings. The standard InChI is InChI=1S/C30H32N4O8/c1-33(2)18-11-15(12-6-5-7-13(8-12)28(31)40)23(35)20-16(18)9-14-10-17-22(34(3)4)25(37)21(29(32)41)27(39)30(17,42)26(38)19(14)24(20)36/h5-8,11,14,17,22,35,37-38,42H,9-10H2,1-4H3,(H2,31,40)(H2,32,41)/t14-,17-,22-,30-/m0/s1. The average molecular weight is 577 g/mol. The third kappa shape index (κ3) is 3.90. The lowest BCUT2D eigenvalue weighted by Crippen LogP contribution is -2.63. The first-order valence-corrected chi connectivity index (χ1v) is 13.2. The van der Waals surface area contributed by atoms with Gasteiger partial charge < -0.3 is 36.8 Å². The summed E-state index contributed by atoms with van der Waals surface area (Å²) in [6, 6.07) is 6.84. The monoisotopic (exact) mass is 576 g/mol. The highest BCUT2D eigenvalue weighted by Crippen LogP contribution is 2.54. The van der Waals surface area contributed by atoms with Crippen LogP contribution in [0.3, 0.4) is 0 Å². The Morgan fingerprint density at radius 1 is 1.00 bits per heavy atom. The van der Waals surface area contributed by atoms with Gasteiger partial charge in [0, 0.05) is 42.4 Å². The molecule has 220 valence electrons. The number of likely N-dealkylation sites (N-methyl/N-ethyl adjacent to an activating group) is 1. The molecule has 0 unspecified atom stereocenters. The van der Waals surface area contributed by atoms with Crippen LogP contribution < -0.4 is 16.4 Å². The van der Waals surface area contributed by atoms with Crippen molar-refractivity contribution in [1.82, 2.24) is 4.90 Å². The molecule has 0 saturated carbocycles. The molecule has 3 aliphatic carbocycles. The van der Waals surface area contributed by atoms with Crippen LogP contribution in [0.1, 0.15) is 32.7 Å². The molecule has 0 radical (unpaired) electrons. The number of phenolic OH excluding ortho intramolecular Hbond substituents is 1. The number of nitrogens with two attached hydrogens (primary N) is 2. The maximum atomic E-state index is 14.2. The molecule has 12 nitrogen and oxygen atoms in total. The van der Waals surface area contributed by atoms with Gasteiger partial charge in [0.25, 0.3) is 5.91 Å². The van der Waals surface area contributed by atoms with Crippen molar-refractivity contribution in [3.63, 3.8) is 0 Å². The quantitative estimate of drug-likeness (QED) is 0.278. The first-order valence-electron chi connectivity index (χ1n) is 13.2. The van der Waals surface area contributed by atoms with E-state index in [0.717, 1.165) is 0 Å². The molecule has 12 heteroatoms. The lowest BCUT2D eigenvalue weighted by atomic mass is 9.58. The molecule has 2 amide bonds. The van der Waals surface area contributed by atoms with Crippen LogP contribution in [0.5, 0.6) is 5.75 Å². The molecule has 0 aromatic heterocycles. The highest BCUT2D eigenvalue weighted by atomic mass is 16.3. The smallest absolute Gasteiger partial charge is 0.255 e. The largest absolute Gasteiger partial charge is 0.510 e. The molecular weight excluding hydrogens is 544 g/mol. The number of anilines is 1. The molecule has 42 heavy (non-hydrogen) atoms. The Balaban J connectivity index is 1.75. The maximum absolute atomic E-state index is 14.2. The van der Waals surface area contributed by atoms with Gasteiger partial charge in [-0.2, -0.15) is 0 Å².